The molecule has 4 rings (SSSR count). The number of hydrogen-bond acceptors (Lipinski definition) is 5. The molecule has 0 aliphatic heterocycles. The van der Waals surface area contributed by atoms with Gasteiger partial charge in [0.2, 0.25) is 0 Å². The van der Waals surface area contributed by atoms with Crippen LogP contribution in [0.3, 0.4) is 0 Å². The van der Waals surface area contributed by atoms with E-state index in [1.165, 1.54) is 0 Å². The highest BCUT2D eigenvalue weighted by Gasteiger charge is 2.16. The maximum atomic E-state index is 4.79. The first-order chi connectivity index (χ1) is 12.3. The first-order valence-corrected chi connectivity index (χ1v) is 8.30. The molecule has 0 spiro atoms. The molecule has 0 bridgehead atoms. The third kappa shape index (κ3) is 2.84. The third-order valence-corrected chi connectivity index (χ3v) is 4.11. The molecule has 25 heavy (non-hydrogen) atoms. The van der Waals surface area contributed by atoms with Gasteiger partial charge < -0.3 is 9.88 Å². The number of para-hydroxylation sites is 2. The van der Waals surface area contributed by atoms with Gasteiger partial charge in [0.15, 0.2) is 5.82 Å². The summed E-state index contributed by atoms with van der Waals surface area (Å²) in [5, 5.41) is 7.59. The van der Waals surface area contributed by atoms with Crippen LogP contribution >= 0.6 is 0 Å². The van der Waals surface area contributed by atoms with Crippen LogP contribution in [0.4, 0.5) is 5.82 Å². The van der Waals surface area contributed by atoms with Crippen molar-refractivity contribution >= 4 is 16.9 Å². The second kappa shape index (κ2) is 6.35. The van der Waals surface area contributed by atoms with E-state index >= 15 is 0 Å². The largest absolute Gasteiger partial charge is 0.359 e. The quantitative estimate of drug-likeness (QED) is 0.607. The van der Waals surface area contributed by atoms with E-state index in [2.05, 4.69) is 44.9 Å². The molecule has 3 heterocycles. The van der Waals surface area contributed by atoms with Crippen molar-refractivity contribution in [3.05, 3.63) is 60.9 Å². The molecular weight excluding hydrogens is 314 g/mol. The Morgan fingerprint density at radius 2 is 2.00 bits per heavy atom. The molecule has 4 aromatic rings. The van der Waals surface area contributed by atoms with Gasteiger partial charge in [0.25, 0.3) is 0 Å². The molecule has 0 amide bonds. The van der Waals surface area contributed by atoms with Crippen LogP contribution in [0.1, 0.15) is 25.7 Å². The topological polar surface area (TPSA) is 73.5 Å². The molecule has 1 N–H and O–H groups in total. The highest BCUT2D eigenvalue weighted by Crippen LogP contribution is 2.23. The Morgan fingerprint density at radius 3 is 2.80 bits per heavy atom. The van der Waals surface area contributed by atoms with Gasteiger partial charge in [0.05, 0.1) is 29.5 Å². The highest BCUT2D eigenvalue weighted by atomic mass is 15.3. The van der Waals surface area contributed by atoms with Crippen LogP contribution in [-0.4, -0.2) is 29.3 Å². The predicted molar refractivity (Wildman–Crippen MR) is 96.6 cm³/mol. The molecule has 0 fully saturated rings. The van der Waals surface area contributed by atoms with E-state index in [0.717, 1.165) is 23.4 Å². The molecule has 3 aromatic heterocycles. The fourth-order valence-electron chi connectivity index (χ4n) is 2.98. The van der Waals surface area contributed by atoms with Gasteiger partial charge in [-0.25, -0.2) is 14.6 Å². The maximum Gasteiger partial charge on any atom is 0.173 e. The number of aryl methyl sites for hydroxylation is 1. The highest BCUT2D eigenvalue weighted by molar-refractivity contribution is 5.76. The Balaban J connectivity index is 1.64. The molecule has 0 aliphatic rings. The van der Waals surface area contributed by atoms with Crippen molar-refractivity contribution in [3.8, 4) is 5.82 Å². The Hall–Kier alpha value is -3.22. The van der Waals surface area contributed by atoms with Gasteiger partial charge in [-0.3, -0.25) is 4.98 Å². The van der Waals surface area contributed by atoms with Crippen LogP contribution in [0.5, 0.6) is 0 Å². The molecule has 0 saturated heterocycles. The van der Waals surface area contributed by atoms with Crippen molar-refractivity contribution in [2.75, 3.05) is 5.32 Å². The minimum atomic E-state index is -0.00507. The van der Waals surface area contributed by atoms with Crippen LogP contribution in [0.25, 0.3) is 16.9 Å². The minimum Gasteiger partial charge on any atom is -0.359 e. The van der Waals surface area contributed by atoms with Gasteiger partial charge in [-0.2, -0.15) is 5.10 Å². The van der Waals surface area contributed by atoms with E-state index in [0.29, 0.717) is 11.6 Å². The number of anilines is 1. The zero-order valence-corrected chi connectivity index (χ0v) is 14.2. The lowest BCUT2D eigenvalue weighted by atomic mass is 10.3. The van der Waals surface area contributed by atoms with Gasteiger partial charge in [-0.1, -0.05) is 12.1 Å². The second-order valence-electron chi connectivity index (χ2n) is 5.78. The molecule has 7 heteroatoms. The molecule has 7 nitrogen and oxygen atoms in total. The number of rotatable bonds is 5. The zero-order valence-electron chi connectivity index (χ0n) is 14.2. The Morgan fingerprint density at radius 1 is 1.12 bits per heavy atom. The lowest BCUT2D eigenvalue weighted by molar-refractivity contribution is 0.671. The minimum absolute atomic E-state index is 0.00507. The SMILES string of the molecule is CCn1c(C(C)Nc2cncc(-n3cccn3)n2)nc2ccccc21. The molecular formula is C18H19N7. The summed E-state index contributed by atoms with van der Waals surface area (Å²) < 4.78 is 3.90. The average molecular weight is 333 g/mol. The lowest BCUT2D eigenvalue weighted by Crippen LogP contribution is -2.15. The molecule has 1 atom stereocenters. The first-order valence-electron chi connectivity index (χ1n) is 8.30. The monoisotopic (exact) mass is 333 g/mol. The Bertz CT molecular complexity index is 988. The van der Waals surface area contributed by atoms with E-state index in [4.69, 9.17) is 4.98 Å². The van der Waals surface area contributed by atoms with Crippen LogP contribution < -0.4 is 5.32 Å². The summed E-state index contributed by atoms with van der Waals surface area (Å²) in [7, 11) is 0. The van der Waals surface area contributed by atoms with Gasteiger partial charge in [-0.05, 0) is 32.0 Å². The molecule has 0 radical (unpaired) electrons. The number of imidazole rings is 1. The normalized spacial score (nSPS) is 12.4. The predicted octanol–water partition coefficient (Wildman–Crippen LogP) is 3.21. The van der Waals surface area contributed by atoms with E-state index in [-0.39, 0.29) is 6.04 Å². The standard InChI is InChI=1S/C18H19N7/c1-3-24-15-8-5-4-7-14(15)22-18(24)13(2)21-16-11-19-12-17(23-16)25-10-6-9-20-25/h4-13H,3H2,1-2H3,(H,21,23). The first kappa shape index (κ1) is 15.3. The van der Waals surface area contributed by atoms with Gasteiger partial charge in [0, 0.05) is 18.9 Å². The summed E-state index contributed by atoms with van der Waals surface area (Å²) in [5.74, 6) is 2.34. The van der Waals surface area contributed by atoms with Gasteiger partial charge in [-0.15, -0.1) is 0 Å². The van der Waals surface area contributed by atoms with Crippen molar-refractivity contribution in [2.45, 2.75) is 26.4 Å². The van der Waals surface area contributed by atoms with E-state index in [9.17, 15) is 0 Å². The smallest absolute Gasteiger partial charge is 0.173 e. The molecule has 126 valence electrons. The maximum absolute atomic E-state index is 4.79. The Kier molecular flexibility index (Phi) is 3.89. The molecule has 0 saturated carbocycles. The van der Waals surface area contributed by atoms with Crippen molar-refractivity contribution < 1.29 is 0 Å². The summed E-state index contributed by atoms with van der Waals surface area (Å²) in [4.78, 5) is 13.6. The molecule has 1 unspecified atom stereocenters. The molecule has 0 aliphatic carbocycles. The van der Waals surface area contributed by atoms with Gasteiger partial charge in [0.1, 0.15) is 11.6 Å². The molecule has 1 aromatic carbocycles. The number of fused-ring (bicyclic) bond motifs is 1. The van der Waals surface area contributed by atoms with Crippen LogP contribution in [-0.2, 0) is 6.54 Å². The zero-order chi connectivity index (χ0) is 17.2. The number of hydrogen-bond donors (Lipinski definition) is 1. The lowest BCUT2D eigenvalue weighted by Gasteiger charge is -2.16. The van der Waals surface area contributed by atoms with Crippen LogP contribution in [0.15, 0.2) is 55.1 Å². The van der Waals surface area contributed by atoms with Gasteiger partial charge >= 0.3 is 0 Å². The van der Waals surface area contributed by atoms with E-state index < -0.39 is 0 Å². The van der Waals surface area contributed by atoms with Crippen molar-refractivity contribution in [2.24, 2.45) is 0 Å². The van der Waals surface area contributed by atoms with Crippen LogP contribution in [0, 0.1) is 0 Å². The summed E-state index contributed by atoms with van der Waals surface area (Å²) in [6.45, 7) is 5.07. The fraction of sp³-hybridized carbons (Fsp3) is 0.222. The fourth-order valence-corrected chi connectivity index (χ4v) is 2.98. The number of benzene rings is 1. The summed E-state index contributed by atoms with van der Waals surface area (Å²) in [6, 6.07) is 10.0. The van der Waals surface area contributed by atoms with E-state index in [1.807, 2.05) is 30.5 Å². The van der Waals surface area contributed by atoms with Crippen LogP contribution in [0.2, 0.25) is 0 Å². The van der Waals surface area contributed by atoms with Crippen molar-refractivity contribution in [3.63, 3.8) is 0 Å². The summed E-state index contributed by atoms with van der Waals surface area (Å²) in [6.07, 6.45) is 6.95. The second-order valence-corrected chi connectivity index (χ2v) is 5.78. The number of aromatic nitrogens is 6. The number of nitrogens with one attached hydrogen (secondary N) is 1. The third-order valence-electron chi connectivity index (χ3n) is 4.11. The number of nitrogens with zero attached hydrogens (tertiary/aromatic N) is 6. The summed E-state index contributed by atoms with van der Waals surface area (Å²) >= 11 is 0. The van der Waals surface area contributed by atoms with Crippen molar-refractivity contribution in [1.29, 1.82) is 0 Å². The van der Waals surface area contributed by atoms with E-state index in [1.54, 1.807) is 23.3 Å². The Labute approximate surface area is 145 Å². The average Bonchev–Trinajstić information content (AvgIpc) is 3.29. The summed E-state index contributed by atoms with van der Waals surface area (Å²) in [5.41, 5.74) is 2.15. The van der Waals surface area contributed by atoms with Crippen molar-refractivity contribution in [1.82, 2.24) is 29.3 Å².